The van der Waals surface area contributed by atoms with E-state index in [9.17, 15) is 14.7 Å². The van der Waals surface area contributed by atoms with E-state index in [2.05, 4.69) is 20.8 Å². The maximum absolute atomic E-state index is 13.4. The number of amides is 1. The molecule has 2 aromatic carbocycles. The molecule has 0 aliphatic carbocycles. The SMILES string of the molecule is CCCCOc1ccc(C2C(=C(O)c3ccc(OCC(C)C)cc3C)C(=O)C(=O)N2CCN(C)C)cc1OC. The first-order valence-electron chi connectivity index (χ1n) is 13.6. The number of hydrogen-bond donors (Lipinski definition) is 1. The van der Waals surface area contributed by atoms with E-state index in [1.54, 1.807) is 31.4 Å². The van der Waals surface area contributed by atoms with Gasteiger partial charge < -0.3 is 29.1 Å². The normalized spacial score (nSPS) is 16.8. The fraction of sp³-hybridized carbons (Fsp3) is 0.484. The molecule has 0 saturated carbocycles. The van der Waals surface area contributed by atoms with Crippen LogP contribution in [0.25, 0.3) is 5.76 Å². The molecule has 0 bridgehead atoms. The molecule has 2 aromatic rings. The summed E-state index contributed by atoms with van der Waals surface area (Å²) in [6.07, 6.45) is 1.92. The Morgan fingerprint density at radius 1 is 1.08 bits per heavy atom. The van der Waals surface area contributed by atoms with Gasteiger partial charge in [-0.05, 0) is 74.8 Å². The molecule has 8 heteroatoms. The van der Waals surface area contributed by atoms with Crippen LogP contribution in [0.3, 0.4) is 0 Å². The Balaban J connectivity index is 2.10. The Labute approximate surface area is 232 Å². The number of carbonyl (C=O) groups excluding carboxylic acids is 2. The summed E-state index contributed by atoms with van der Waals surface area (Å²) in [7, 11) is 5.37. The second kappa shape index (κ2) is 13.5. The number of benzene rings is 2. The van der Waals surface area contributed by atoms with E-state index in [1.807, 2.05) is 38.1 Å². The molecule has 1 N–H and O–H groups in total. The maximum atomic E-state index is 13.4. The molecule has 1 atom stereocenters. The molecule has 1 fully saturated rings. The van der Waals surface area contributed by atoms with E-state index in [0.717, 1.165) is 18.4 Å². The van der Waals surface area contributed by atoms with E-state index in [-0.39, 0.29) is 11.3 Å². The molecule has 39 heavy (non-hydrogen) atoms. The minimum atomic E-state index is -0.778. The molecule has 3 rings (SSSR count). The van der Waals surface area contributed by atoms with Crippen LogP contribution < -0.4 is 14.2 Å². The number of likely N-dealkylation sites (tertiary alicyclic amines) is 1. The van der Waals surface area contributed by atoms with Gasteiger partial charge in [0.2, 0.25) is 0 Å². The zero-order valence-electron chi connectivity index (χ0n) is 24.2. The largest absolute Gasteiger partial charge is 0.507 e. The third kappa shape index (κ3) is 7.12. The van der Waals surface area contributed by atoms with Crippen LogP contribution in [-0.2, 0) is 9.59 Å². The third-order valence-corrected chi connectivity index (χ3v) is 6.62. The first-order valence-corrected chi connectivity index (χ1v) is 13.6. The fourth-order valence-electron chi connectivity index (χ4n) is 4.46. The average Bonchev–Trinajstić information content (AvgIpc) is 3.15. The number of hydrogen-bond acceptors (Lipinski definition) is 7. The summed E-state index contributed by atoms with van der Waals surface area (Å²) in [5.41, 5.74) is 1.93. The minimum Gasteiger partial charge on any atom is -0.507 e. The minimum absolute atomic E-state index is 0.0550. The number of aryl methyl sites for hydroxylation is 1. The van der Waals surface area contributed by atoms with Crippen molar-refractivity contribution >= 4 is 17.4 Å². The van der Waals surface area contributed by atoms with Crippen molar-refractivity contribution < 1.29 is 28.9 Å². The number of nitrogens with zero attached hydrogens (tertiary/aromatic N) is 2. The van der Waals surface area contributed by atoms with E-state index < -0.39 is 17.7 Å². The van der Waals surface area contributed by atoms with Crippen LogP contribution in [0.2, 0.25) is 0 Å². The molecule has 1 amide bonds. The van der Waals surface area contributed by atoms with E-state index in [4.69, 9.17) is 14.2 Å². The molecular formula is C31H42N2O6. The Hall–Kier alpha value is -3.52. The monoisotopic (exact) mass is 538 g/mol. The summed E-state index contributed by atoms with van der Waals surface area (Å²) in [6, 6.07) is 9.96. The highest BCUT2D eigenvalue weighted by atomic mass is 16.5. The predicted octanol–water partition coefficient (Wildman–Crippen LogP) is 5.20. The first kappa shape index (κ1) is 30.0. The summed E-state index contributed by atoms with van der Waals surface area (Å²) in [4.78, 5) is 30.1. The molecule has 1 heterocycles. The van der Waals surface area contributed by atoms with Gasteiger partial charge in [-0.25, -0.2) is 0 Å². The van der Waals surface area contributed by atoms with Gasteiger partial charge in [0.1, 0.15) is 11.5 Å². The lowest BCUT2D eigenvalue weighted by Gasteiger charge is -2.27. The lowest BCUT2D eigenvalue weighted by molar-refractivity contribution is -0.140. The van der Waals surface area contributed by atoms with Crippen LogP contribution in [0.15, 0.2) is 42.0 Å². The van der Waals surface area contributed by atoms with Crippen LogP contribution in [-0.4, -0.2) is 74.1 Å². The van der Waals surface area contributed by atoms with Crippen molar-refractivity contribution in [2.24, 2.45) is 5.92 Å². The standard InChI is InChI=1S/C31H42N2O6/c1-8-9-16-38-25-13-10-22(18-26(25)37-7)28-27(30(35)31(36)33(28)15-14-32(5)6)29(34)24-12-11-23(17-21(24)4)39-19-20(2)3/h10-13,17-18,20,28,34H,8-9,14-16,19H2,1-7H3. The topological polar surface area (TPSA) is 88.5 Å². The van der Waals surface area contributed by atoms with Gasteiger partial charge >= 0.3 is 0 Å². The maximum Gasteiger partial charge on any atom is 0.295 e. The van der Waals surface area contributed by atoms with Gasteiger partial charge in [0.25, 0.3) is 11.7 Å². The van der Waals surface area contributed by atoms with Crippen LogP contribution in [0, 0.1) is 12.8 Å². The summed E-state index contributed by atoms with van der Waals surface area (Å²) in [5, 5.41) is 11.5. The van der Waals surface area contributed by atoms with Crippen LogP contribution in [0.4, 0.5) is 0 Å². The molecule has 0 spiro atoms. The Morgan fingerprint density at radius 3 is 2.44 bits per heavy atom. The van der Waals surface area contributed by atoms with Crippen LogP contribution >= 0.6 is 0 Å². The second-order valence-corrected chi connectivity index (χ2v) is 10.6. The lowest BCUT2D eigenvalue weighted by atomic mass is 9.93. The summed E-state index contributed by atoms with van der Waals surface area (Å²) in [6.45, 7) is 10.1. The smallest absolute Gasteiger partial charge is 0.295 e. The number of ketones is 1. The van der Waals surface area contributed by atoms with Gasteiger partial charge in [0.05, 0.1) is 31.9 Å². The average molecular weight is 539 g/mol. The Morgan fingerprint density at radius 2 is 1.82 bits per heavy atom. The second-order valence-electron chi connectivity index (χ2n) is 10.6. The number of likely N-dealkylation sites (N-methyl/N-ethyl adjacent to an activating group) is 1. The first-order chi connectivity index (χ1) is 18.6. The van der Waals surface area contributed by atoms with Crippen molar-refractivity contribution in [1.29, 1.82) is 0 Å². The van der Waals surface area contributed by atoms with Crippen LogP contribution in [0.1, 0.15) is 56.3 Å². The van der Waals surface area contributed by atoms with Crippen molar-refractivity contribution in [1.82, 2.24) is 9.80 Å². The number of rotatable bonds is 13. The van der Waals surface area contributed by atoms with Crippen molar-refractivity contribution in [2.75, 3.05) is 47.5 Å². The van der Waals surface area contributed by atoms with Gasteiger partial charge in [0.15, 0.2) is 11.5 Å². The van der Waals surface area contributed by atoms with Gasteiger partial charge in [-0.15, -0.1) is 0 Å². The Bertz CT molecular complexity index is 1200. The highest BCUT2D eigenvalue weighted by Crippen LogP contribution is 2.42. The van der Waals surface area contributed by atoms with Gasteiger partial charge in [0, 0.05) is 18.7 Å². The van der Waals surface area contributed by atoms with Crippen molar-refractivity contribution in [3.8, 4) is 17.2 Å². The molecule has 0 aromatic heterocycles. The number of methoxy groups -OCH3 is 1. The van der Waals surface area contributed by atoms with E-state index in [0.29, 0.717) is 60.6 Å². The molecule has 1 aliphatic rings. The number of aliphatic hydroxyl groups excluding tert-OH is 1. The zero-order chi connectivity index (χ0) is 28.7. The molecule has 1 unspecified atom stereocenters. The third-order valence-electron chi connectivity index (χ3n) is 6.62. The molecule has 1 aliphatic heterocycles. The molecule has 0 radical (unpaired) electrons. The zero-order valence-corrected chi connectivity index (χ0v) is 24.2. The summed E-state index contributed by atoms with van der Waals surface area (Å²) >= 11 is 0. The van der Waals surface area contributed by atoms with Gasteiger partial charge in [-0.2, -0.15) is 0 Å². The summed E-state index contributed by atoms with van der Waals surface area (Å²) in [5.74, 6) is 0.595. The number of aliphatic hydroxyl groups is 1. The van der Waals surface area contributed by atoms with Crippen LogP contribution in [0.5, 0.6) is 17.2 Å². The highest BCUT2D eigenvalue weighted by Gasteiger charge is 2.46. The number of Topliss-reactive ketones (excluding diaryl/α,β-unsaturated/α-hetero) is 1. The van der Waals surface area contributed by atoms with Crippen molar-refractivity contribution in [3.63, 3.8) is 0 Å². The van der Waals surface area contributed by atoms with Crippen molar-refractivity contribution in [2.45, 2.75) is 46.6 Å². The van der Waals surface area contributed by atoms with E-state index in [1.165, 1.54) is 4.90 Å². The van der Waals surface area contributed by atoms with Crippen molar-refractivity contribution in [3.05, 3.63) is 58.7 Å². The number of unbranched alkanes of at least 4 members (excludes halogenated alkanes) is 1. The molecule has 212 valence electrons. The molecule has 8 nitrogen and oxygen atoms in total. The summed E-state index contributed by atoms with van der Waals surface area (Å²) < 4.78 is 17.3. The lowest BCUT2D eigenvalue weighted by Crippen LogP contribution is -2.35. The van der Waals surface area contributed by atoms with Gasteiger partial charge in [-0.3, -0.25) is 9.59 Å². The predicted molar refractivity (Wildman–Crippen MR) is 152 cm³/mol. The van der Waals surface area contributed by atoms with Gasteiger partial charge in [-0.1, -0.05) is 33.3 Å². The number of carbonyl (C=O) groups is 2. The number of ether oxygens (including phenoxy) is 3. The molecular weight excluding hydrogens is 496 g/mol. The highest BCUT2D eigenvalue weighted by molar-refractivity contribution is 6.46. The quantitative estimate of drug-likeness (QED) is 0.162. The fourth-order valence-corrected chi connectivity index (χ4v) is 4.46. The Kier molecular flexibility index (Phi) is 10.4. The van der Waals surface area contributed by atoms with E-state index >= 15 is 0 Å². The molecule has 1 saturated heterocycles.